The van der Waals surface area contributed by atoms with Gasteiger partial charge >= 0.3 is 0 Å². The van der Waals surface area contributed by atoms with Crippen LogP contribution in [0.15, 0.2) is 23.6 Å². The Bertz CT molecular complexity index is 548. The van der Waals surface area contributed by atoms with Crippen molar-refractivity contribution in [2.75, 3.05) is 0 Å². The molecule has 0 saturated carbocycles. The topological polar surface area (TPSA) is 17.1 Å². The van der Waals surface area contributed by atoms with Crippen LogP contribution in [-0.2, 0) is 0 Å². The molecule has 0 fully saturated rings. The van der Waals surface area contributed by atoms with Crippen LogP contribution in [0.3, 0.4) is 0 Å². The normalized spacial score (nSPS) is 10.4. The summed E-state index contributed by atoms with van der Waals surface area (Å²) in [5, 5.41) is 1.58. The summed E-state index contributed by atoms with van der Waals surface area (Å²) in [6, 6.07) is 3.44. The molecule has 2 aromatic rings. The minimum absolute atomic E-state index is 0.109. The highest BCUT2D eigenvalue weighted by Crippen LogP contribution is 2.30. The summed E-state index contributed by atoms with van der Waals surface area (Å²) in [5.74, 6) is -4.05. The Hall–Kier alpha value is -1.62. The molecule has 0 bridgehead atoms. The fourth-order valence-electron chi connectivity index (χ4n) is 1.37. The van der Waals surface area contributed by atoms with E-state index < -0.39 is 17.5 Å². The van der Waals surface area contributed by atoms with Gasteiger partial charge in [0, 0.05) is 11.1 Å². The maximum absolute atomic E-state index is 13.4. The lowest BCUT2D eigenvalue weighted by Crippen LogP contribution is -1.94. The second-order valence-electron chi connectivity index (χ2n) is 3.04. The molecule has 1 nitrogen and oxygen atoms in total. The van der Waals surface area contributed by atoms with Crippen molar-refractivity contribution < 1.29 is 18.0 Å². The predicted octanol–water partition coefficient (Wildman–Crippen LogP) is 3.64. The number of aldehydes is 1. The van der Waals surface area contributed by atoms with E-state index in [9.17, 15) is 18.0 Å². The molecule has 82 valence electrons. The van der Waals surface area contributed by atoms with Crippen LogP contribution in [0.2, 0.25) is 0 Å². The predicted molar refractivity (Wildman–Crippen MR) is 55.0 cm³/mol. The summed E-state index contributed by atoms with van der Waals surface area (Å²) in [4.78, 5) is 10.9. The molecule has 2 rings (SSSR count). The van der Waals surface area contributed by atoms with E-state index in [1.807, 2.05) is 0 Å². The molecule has 0 saturated heterocycles. The number of hydrogen-bond acceptors (Lipinski definition) is 2. The van der Waals surface area contributed by atoms with Crippen LogP contribution in [0, 0.1) is 17.5 Å². The van der Waals surface area contributed by atoms with E-state index in [4.69, 9.17) is 0 Å². The van der Waals surface area contributed by atoms with E-state index in [0.29, 0.717) is 6.29 Å². The average molecular weight is 242 g/mol. The molecule has 0 unspecified atom stereocenters. The second-order valence-corrected chi connectivity index (χ2v) is 3.99. The van der Waals surface area contributed by atoms with E-state index in [-0.39, 0.29) is 16.0 Å². The van der Waals surface area contributed by atoms with Gasteiger partial charge in [0.05, 0.1) is 4.88 Å². The molecule has 0 aliphatic rings. The molecule has 0 amide bonds. The average Bonchev–Trinajstić information content (AvgIpc) is 2.74. The van der Waals surface area contributed by atoms with Gasteiger partial charge in [-0.15, -0.1) is 11.3 Å². The number of hydrogen-bond donors (Lipinski definition) is 0. The van der Waals surface area contributed by atoms with Gasteiger partial charge < -0.3 is 0 Å². The first-order chi connectivity index (χ1) is 7.65. The summed E-state index contributed by atoms with van der Waals surface area (Å²) in [6.45, 7) is 0. The molecule has 16 heavy (non-hydrogen) atoms. The van der Waals surface area contributed by atoms with Crippen LogP contribution in [0.5, 0.6) is 0 Å². The van der Waals surface area contributed by atoms with Crippen LogP contribution in [-0.4, -0.2) is 6.29 Å². The van der Waals surface area contributed by atoms with Crippen molar-refractivity contribution in [2.24, 2.45) is 0 Å². The lowest BCUT2D eigenvalue weighted by atomic mass is 10.1. The first kappa shape index (κ1) is 10.9. The van der Waals surface area contributed by atoms with Gasteiger partial charge in [-0.2, -0.15) is 0 Å². The SMILES string of the molecule is O=Cc1sccc1-c1ccc(F)c(F)c1F. The molecule has 0 aliphatic carbocycles. The Labute approximate surface area is 93.2 Å². The van der Waals surface area contributed by atoms with Crippen LogP contribution < -0.4 is 0 Å². The number of benzene rings is 1. The van der Waals surface area contributed by atoms with Gasteiger partial charge in [0.1, 0.15) is 0 Å². The zero-order chi connectivity index (χ0) is 11.7. The van der Waals surface area contributed by atoms with E-state index in [0.717, 1.165) is 23.5 Å². The summed E-state index contributed by atoms with van der Waals surface area (Å²) in [5.41, 5.74) is 0.165. The summed E-state index contributed by atoms with van der Waals surface area (Å²) in [6.07, 6.45) is 0.556. The molecule has 0 atom stereocenters. The van der Waals surface area contributed by atoms with Crippen LogP contribution in [0.4, 0.5) is 13.2 Å². The van der Waals surface area contributed by atoms with Gasteiger partial charge in [-0.05, 0) is 23.6 Å². The number of halogens is 3. The van der Waals surface area contributed by atoms with Crippen molar-refractivity contribution in [2.45, 2.75) is 0 Å². The second kappa shape index (κ2) is 4.09. The first-order valence-electron chi connectivity index (χ1n) is 4.31. The molecule has 0 aliphatic heterocycles. The fraction of sp³-hybridized carbons (Fsp3) is 0. The third kappa shape index (κ3) is 1.63. The van der Waals surface area contributed by atoms with Gasteiger partial charge in [-0.25, -0.2) is 13.2 Å². The quantitative estimate of drug-likeness (QED) is 0.580. The molecule has 5 heteroatoms. The zero-order valence-electron chi connectivity index (χ0n) is 7.84. The molecular formula is C11H5F3OS. The molecule has 1 aromatic carbocycles. The van der Waals surface area contributed by atoms with E-state index >= 15 is 0 Å². The summed E-state index contributed by atoms with van der Waals surface area (Å²) < 4.78 is 39.1. The monoisotopic (exact) mass is 242 g/mol. The van der Waals surface area contributed by atoms with E-state index in [2.05, 4.69) is 0 Å². The molecule has 1 heterocycles. The maximum Gasteiger partial charge on any atom is 0.195 e. The number of rotatable bonds is 2. The van der Waals surface area contributed by atoms with Crippen LogP contribution in [0.1, 0.15) is 9.67 Å². The molecule has 0 spiro atoms. The van der Waals surface area contributed by atoms with Gasteiger partial charge in [0.25, 0.3) is 0 Å². The van der Waals surface area contributed by atoms with Crippen molar-refractivity contribution in [3.8, 4) is 11.1 Å². The van der Waals surface area contributed by atoms with Crippen LogP contribution >= 0.6 is 11.3 Å². The number of carbonyl (C=O) groups is 1. The van der Waals surface area contributed by atoms with E-state index in [1.54, 1.807) is 5.38 Å². The smallest absolute Gasteiger partial charge is 0.195 e. The Morgan fingerprint density at radius 3 is 2.44 bits per heavy atom. The van der Waals surface area contributed by atoms with Crippen LogP contribution in [0.25, 0.3) is 11.1 Å². The lowest BCUT2D eigenvalue weighted by molar-refractivity contribution is 0.112. The standard InChI is InChI=1S/C11H5F3OS/c12-8-2-1-7(10(13)11(8)14)6-3-4-16-9(6)5-15/h1-5H. The summed E-state index contributed by atoms with van der Waals surface area (Å²) in [7, 11) is 0. The highest BCUT2D eigenvalue weighted by molar-refractivity contribution is 7.12. The Balaban J connectivity index is 2.65. The van der Waals surface area contributed by atoms with Gasteiger partial charge in [-0.1, -0.05) is 0 Å². The molecule has 0 N–H and O–H groups in total. The van der Waals surface area contributed by atoms with Crippen molar-refractivity contribution >= 4 is 17.6 Å². The van der Waals surface area contributed by atoms with Crippen molar-refractivity contribution in [1.82, 2.24) is 0 Å². The van der Waals surface area contributed by atoms with E-state index in [1.165, 1.54) is 6.07 Å². The largest absolute Gasteiger partial charge is 0.297 e. The van der Waals surface area contributed by atoms with Crippen molar-refractivity contribution in [1.29, 1.82) is 0 Å². The number of thiophene rings is 1. The minimum Gasteiger partial charge on any atom is -0.297 e. The highest BCUT2D eigenvalue weighted by Gasteiger charge is 2.17. The molecule has 1 aromatic heterocycles. The lowest BCUT2D eigenvalue weighted by Gasteiger charge is -2.03. The zero-order valence-corrected chi connectivity index (χ0v) is 8.65. The number of carbonyl (C=O) groups excluding carboxylic acids is 1. The van der Waals surface area contributed by atoms with Gasteiger partial charge in [0.2, 0.25) is 0 Å². The third-order valence-electron chi connectivity index (χ3n) is 2.13. The maximum atomic E-state index is 13.4. The third-order valence-corrected chi connectivity index (χ3v) is 2.97. The molecular weight excluding hydrogens is 237 g/mol. The first-order valence-corrected chi connectivity index (χ1v) is 5.19. The fourth-order valence-corrected chi connectivity index (χ4v) is 2.08. The minimum atomic E-state index is -1.53. The highest BCUT2D eigenvalue weighted by atomic mass is 32.1. The Kier molecular flexibility index (Phi) is 2.78. The van der Waals surface area contributed by atoms with Gasteiger partial charge in [0.15, 0.2) is 23.7 Å². The Morgan fingerprint density at radius 2 is 1.75 bits per heavy atom. The van der Waals surface area contributed by atoms with Crippen molar-refractivity contribution in [3.63, 3.8) is 0 Å². The van der Waals surface area contributed by atoms with Crippen molar-refractivity contribution in [3.05, 3.63) is 45.9 Å². The summed E-state index contributed by atoms with van der Waals surface area (Å²) >= 11 is 1.11. The Morgan fingerprint density at radius 1 is 1.00 bits per heavy atom. The van der Waals surface area contributed by atoms with Gasteiger partial charge in [-0.3, -0.25) is 4.79 Å². The molecule has 0 radical (unpaired) electrons.